The van der Waals surface area contributed by atoms with Crippen LogP contribution in [0.25, 0.3) is 0 Å². The molecule has 0 saturated heterocycles. The highest BCUT2D eigenvalue weighted by atomic mass is 16.4. The fourth-order valence-electron chi connectivity index (χ4n) is 2.03. The highest BCUT2D eigenvalue weighted by Crippen LogP contribution is 2.74. The monoisotopic (exact) mass is 156 g/mol. The van der Waals surface area contributed by atoms with Gasteiger partial charge in [0, 0.05) is 0 Å². The first-order chi connectivity index (χ1) is 5.09. The Balaban J connectivity index is 2.16. The number of carboxylic acids is 2. The van der Waals surface area contributed by atoms with Crippen LogP contribution in [-0.4, -0.2) is 22.2 Å². The van der Waals surface area contributed by atoms with Gasteiger partial charge in [-0.2, -0.15) is 0 Å². The van der Waals surface area contributed by atoms with Gasteiger partial charge in [-0.05, 0) is 18.3 Å². The zero-order valence-corrected chi connectivity index (χ0v) is 5.78. The molecule has 0 heterocycles. The van der Waals surface area contributed by atoms with Gasteiger partial charge >= 0.3 is 11.9 Å². The van der Waals surface area contributed by atoms with Crippen molar-refractivity contribution in [1.29, 1.82) is 0 Å². The van der Waals surface area contributed by atoms with Crippen LogP contribution in [0.2, 0.25) is 0 Å². The summed E-state index contributed by atoms with van der Waals surface area (Å²) in [5.74, 6) is -3.09. The summed E-state index contributed by atoms with van der Waals surface area (Å²) < 4.78 is 0. The largest absolute Gasteiger partial charge is 0.481 e. The molecule has 0 bridgehead atoms. The average molecular weight is 156 g/mol. The molecule has 2 saturated carbocycles. The van der Waals surface area contributed by atoms with E-state index in [1.165, 1.54) is 0 Å². The molecule has 1 spiro atoms. The summed E-state index contributed by atoms with van der Waals surface area (Å²) in [5.41, 5.74) is -0.322. The Morgan fingerprint density at radius 2 is 1.45 bits per heavy atom. The summed E-state index contributed by atoms with van der Waals surface area (Å²) in [6, 6.07) is 0. The maximum Gasteiger partial charge on any atom is 0.307 e. The van der Waals surface area contributed by atoms with Gasteiger partial charge in [0.25, 0.3) is 0 Å². The van der Waals surface area contributed by atoms with Gasteiger partial charge in [-0.25, -0.2) is 0 Å². The third-order valence-electron chi connectivity index (χ3n) is 2.82. The number of aliphatic carboxylic acids is 2. The molecule has 2 aliphatic carbocycles. The topological polar surface area (TPSA) is 74.6 Å². The Bertz CT molecular complexity index is 219. The van der Waals surface area contributed by atoms with E-state index in [1.807, 2.05) is 0 Å². The summed E-state index contributed by atoms with van der Waals surface area (Å²) in [5, 5.41) is 17.2. The van der Waals surface area contributed by atoms with Gasteiger partial charge in [0.2, 0.25) is 0 Å². The van der Waals surface area contributed by atoms with E-state index >= 15 is 0 Å². The van der Waals surface area contributed by atoms with Crippen LogP contribution >= 0.6 is 0 Å². The second-order valence-electron chi connectivity index (χ2n) is 3.36. The summed E-state index contributed by atoms with van der Waals surface area (Å²) in [6.07, 6.45) is 1.56. The molecule has 60 valence electrons. The Morgan fingerprint density at radius 1 is 1.09 bits per heavy atom. The maximum atomic E-state index is 10.5. The van der Waals surface area contributed by atoms with Gasteiger partial charge < -0.3 is 10.2 Å². The van der Waals surface area contributed by atoms with Crippen molar-refractivity contribution in [3.05, 3.63) is 0 Å². The van der Waals surface area contributed by atoms with Crippen LogP contribution in [0, 0.1) is 17.3 Å². The van der Waals surface area contributed by atoms with Crippen molar-refractivity contribution in [3.8, 4) is 0 Å². The molecule has 2 fully saturated rings. The van der Waals surface area contributed by atoms with Crippen LogP contribution in [0.3, 0.4) is 0 Å². The van der Waals surface area contributed by atoms with Crippen molar-refractivity contribution in [3.63, 3.8) is 0 Å². The Kier molecular flexibility index (Phi) is 0.948. The minimum absolute atomic E-state index is 0.322. The molecule has 0 aromatic rings. The standard InChI is InChI=1S/C7H8O4/c8-5(9)3-4(6(10)11)7(3)1-2-7/h3-4H,1-2H2,(H,8,9)(H,10,11). The molecule has 2 aliphatic rings. The molecule has 0 radical (unpaired) electrons. The third-order valence-corrected chi connectivity index (χ3v) is 2.82. The van der Waals surface area contributed by atoms with E-state index in [4.69, 9.17) is 10.2 Å². The first-order valence-electron chi connectivity index (χ1n) is 3.55. The zero-order valence-electron chi connectivity index (χ0n) is 5.78. The van der Waals surface area contributed by atoms with Crippen LogP contribution < -0.4 is 0 Å². The van der Waals surface area contributed by atoms with Gasteiger partial charge in [-0.15, -0.1) is 0 Å². The molecule has 4 heteroatoms. The number of hydrogen-bond acceptors (Lipinski definition) is 2. The first-order valence-corrected chi connectivity index (χ1v) is 3.55. The number of rotatable bonds is 2. The molecule has 0 aromatic carbocycles. The Morgan fingerprint density at radius 3 is 1.55 bits per heavy atom. The summed E-state index contributed by atoms with van der Waals surface area (Å²) >= 11 is 0. The summed E-state index contributed by atoms with van der Waals surface area (Å²) in [4.78, 5) is 20.9. The van der Waals surface area contributed by atoms with Crippen LogP contribution in [0.1, 0.15) is 12.8 Å². The lowest BCUT2D eigenvalue weighted by Crippen LogP contribution is -2.05. The SMILES string of the molecule is O=C(O)C1C(C(=O)O)C12CC2. The molecule has 4 nitrogen and oxygen atoms in total. The number of carboxylic acid groups (broad SMARTS) is 2. The number of carbonyl (C=O) groups is 2. The lowest BCUT2D eigenvalue weighted by molar-refractivity contribution is -0.144. The Labute approximate surface area is 62.8 Å². The molecule has 11 heavy (non-hydrogen) atoms. The fourth-order valence-corrected chi connectivity index (χ4v) is 2.03. The van der Waals surface area contributed by atoms with Crippen molar-refractivity contribution in [2.24, 2.45) is 17.3 Å². The molecule has 2 rings (SSSR count). The molecular formula is C7H8O4. The van der Waals surface area contributed by atoms with E-state index in [0.717, 1.165) is 12.8 Å². The smallest absolute Gasteiger partial charge is 0.307 e. The third kappa shape index (κ3) is 0.640. The van der Waals surface area contributed by atoms with Crippen molar-refractivity contribution < 1.29 is 19.8 Å². The second kappa shape index (κ2) is 1.57. The van der Waals surface area contributed by atoms with Gasteiger partial charge in [-0.3, -0.25) is 9.59 Å². The van der Waals surface area contributed by atoms with Crippen LogP contribution in [0.4, 0.5) is 0 Å². The quantitative estimate of drug-likeness (QED) is 0.598. The lowest BCUT2D eigenvalue weighted by atomic mass is 10.3. The van der Waals surface area contributed by atoms with Crippen LogP contribution in [0.15, 0.2) is 0 Å². The van der Waals surface area contributed by atoms with Crippen LogP contribution in [-0.2, 0) is 9.59 Å². The van der Waals surface area contributed by atoms with Crippen molar-refractivity contribution in [2.75, 3.05) is 0 Å². The molecule has 0 aliphatic heterocycles. The van der Waals surface area contributed by atoms with Crippen molar-refractivity contribution in [2.45, 2.75) is 12.8 Å². The predicted octanol–water partition coefficient (Wildman–Crippen LogP) is 0.182. The Hall–Kier alpha value is -1.06. The normalized spacial score (nSPS) is 36.7. The zero-order chi connectivity index (χ0) is 8.22. The number of hydrogen-bond donors (Lipinski definition) is 2. The van der Waals surface area contributed by atoms with Crippen LogP contribution in [0.5, 0.6) is 0 Å². The minimum atomic E-state index is -0.949. The van der Waals surface area contributed by atoms with Crippen molar-refractivity contribution in [1.82, 2.24) is 0 Å². The molecule has 2 atom stereocenters. The van der Waals surface area contributed by atoms with E-state index in [1.54, 1.807) is 0 Å². The van der Waals surface area contributed by atoms with E-state index in [2.05, 4.69) is 0 Å². The van der Waals surface area contributed by atoms with E-state index in [0.29, 0.717) is 0 Å². The molecule has 0 amide bonds. The van der Waals surface area contributed by atoms with Crippen molar-refractivity contribution >= 4 is 11.9 Å². The van der Waals surface area contributed by atoms with E-state index in [9.17, 15) is 9.59 Å². The fraction of sp³-hybridized carbons (Fsp3) is 0.714. The molecule has 2 unspecified atom stereocenters. The van der Waals surface area contributed by atoms with Gasteiger partial charge in [0.15, 0.2) is 0 Å². The van der Waals surface area contributed by atoms with Gasteiger partial charge in [-0.1, -0.05) is 0 Å². The van der Waals surface area contributed by atoms with E-state index < -0.39 is 23.8 Å². The molecule has 0 aromatic heterocycles. The molecular weight excluding hydrogens is 148 g/mol. The lowest BCUT2D eigenvalue weighted by Gasteiger charge is -1.84. The summed E-state index contributed by atoms with van der Waals surface area (Å²) in [6.45, 7) is 0. The van der Waals surface area contributed by atoms with E-state index in [-0.39, 0.29) is 5.41 Å². The highest BCUT2D eigenvalue weighted by molar-refractivity contribution is 5.89. The first kappa shape index (κ1) is 6.64. The highest BCUT2D eigenvalue weighted by Gasteiger charge is 2.78. The van der Waals surface area contributed by atoms with Gasteiger partial charge in [0.05, 0.1) is 11.8 Å². The second-order valence-corrected chi connectivity index (χ2v) is 3.36. The predicted molar refractivity (Wildman–Crippen MR) is 33.9 cm³/mol. The molecule has 2 N–H and O–H groups in total. The average Bonchev–Trinajstić information content (AvgIpc) is 2.71. The minimum Gasteiger partial charge on any atom is -0.481 e. The maximum absolute atomic E-state index is 10.5. The van der Waals surface area contributed by atoms with Gasteiger partial charge in [0.1, 0.15) is 0 Å². The summed E-state index contributed by atoms with van der Waals surface area (Å²) in [7, 11) is 0.